The molecular formula is K4Zn. The van der Waals surface area contributed by atoms with E-state index in [1.165, 1.54) is 0 Å². The summed E-state index contributed by atoms with van der Waals surface area (Å²) >= 11 is 0. The topological polar surface area (TPSA) is 0 Å². The summed E-state index contributed by atoms with van der Waals surface area (Å²) in [6.45, 7) is 0. The van der Waals surface area contributed by atoms with Crippen molar-refractivity contribution in [2.24, 2.45) is 0 Å². The summed E-state index contributed by atoms with van der Waals surface area (Å²) in [5, 5.41) is 0. The van der Waals surface area contributed by atoms with E-state index in [9.17, 15) is 0 Å². The molecule has 5 heavy (non-hydrogen) atoms. The molecule has 0 fully saturated rings. The van der Waals surface area contributed by atoms with Crippen molar-refractivity contribution < 1.29 is 19.5 Å². The fraction of sp³-hybridized carbons (Fsp3) is 0. The van der Waals surface area contributed by atoms with E-state index in [4.69, 9.17) is 0 Å². The second-order valence-electron chi connectivity index (χ2n) is 0. The van der Waals surface area contributed by atoms with Gasteiger partial charge < -0.3 is 0 Å². The van der Waals surface area contributed by atoms with Gasteiger partial charge in [0.1, 0.15) is 0 Å². The molecule has 0 aliphatic carbocycles. The normalized spacial score (nSPS) is 0. The Labute approximate surface area is 216 Å². The van der Waals surface area contributed by atoms with Crippen molar-refractivity contribution in [3.05, 3.63) is 0 Å². The molecule has 0 aromatic heterocycles. The summed E-state index contributed by atoms with van der Waals surface area (Å²) < 4.78 is 0. The molecule has 0 aromatic carbocycles. The number of rotatable bonds is 0. The van der Waals surface area contributed by atoms with Crippen LogP contribution in [0.25, 0.3) is 0 Å². The van der Waals surface area contributed by atoms with E-state index >= 15 is 0 Å². The molecule has 4 radical (unpaired) electrons. The third kappa shape index (κ3) is 18.3. The van der Waals surface area contributed by atoms with Crippen LogP contribution in [-0.4, -0.2) is 206 Å². The molecule has 0 spiro atoms. The van der Waals surface area contributed by atoms with E-state index < -0.39 is 0 Å². The van der Waals surface area contributed by atoms with Crippen molar-refractivity contribution in [2.75, 3.05) is 0 Å². The molecule has 5 heteroatoms. The first-order valence-electron chi connectivity index (χ1n) is 0. The Hall–Kier alpha value is 7.17. The molecule has 0 amide bonds. The second kappa shape index (κ2) is 22.5. The molecule has 0 heterocycles. The van der Waals surface area contributed by atoms with Crippen molar-refractivity contribution in [2.45, 2.75) is 0 Å². The van der Waals surface area contributed by atoms with Crippen LogP contribution in [0.5, 0.6) is 0 Å². The minimum atomic E-state index is 0. The minimum Gasteiger partial charge on any atom is 0 e. The third-order valence-electron chi connectivity index (χ3n) is 0. The molecule has 0 saturated heterocycles. The van der Waals surface area contributed by atoms with E-state index in [1.807, 2.05) is 0 Å². The second-order valence-corrected chi connectivity index (χ2v) is 0. The first-order chi connectivity index (χ1) is 0. The zero-order valence-electron chi connectivity index (χ0n) is 4.71. The van der Waals surface area contributed by atoms with Crippen LogP contribution in [0.3, 0.4) is 0 Å². The van der Waals surface area contributed by atoms with Gasteiger partial charge in [0.15, 0.2) is 0 Å². The molecule has 0 aliphatic rings. The maximum atomic E-state index is 0. The zero-order valence-corrected chi connectivity index (χ0v) is 20.2. The van der Waals surface area contributed by atoms with E-state index in [0.29, 0.717) is 0 Å². The van der Waals surface area contributed by atoms with Crippen LogP contribution >= 0.6 is 0 Å². The van der Waals surface area contributed by atoms with Crippen molar-refractivity contribution in [3.8, 4) is 0 Å². The molecule has 0 atom stereocenters. The van der Waals surface area contributed by atoms with Gasteiger partial charge in [0.05, 0.1) is 0 Å². The molecule has 0 aliphatic heterocycles. The predicted molar refractivity (Wildman–Crippen MR) is 23.0 cm³/mol. The van der Waals surface area contributed by atoms with Gasteiger partial charge in [0.2, 0.25) is 0 Å². The molecule has 0 N–H and O–H groups in total. The molecular weight excluding hydrogens is 222 g/mol. The Balaban J connectivity index is 0. The fourth-order valence-electron chi connectivity index (χ4n) is 0. The largest absolute Gasteiger partial charge is 0 e. The predicted octanol–water partition coefficient (Wildman–Crippen LogP) is -1.53. The summed E-state index contributed by atoms with van der Waals surface area (Å²) in [6.07, 6.45) is 0. The average Bonchev–Trinajstić information content (AvgIpc) is 0. The van der Waals surface area contributed by atoms with Gasteiger partial charge in [0, 0.05) is 225 Å². The molecule has 0 saturated carbocycles. The van der Waals surface area contributed by atoms with E-state index in [1.54, 1.807) is 0 Å². The maximum Gasteiger partial charge on any atom is 0 e. The van der Waals surface area contributed by atoms with Crippen molar-refractivity contribution in [3.63, 3.8) is 0 Å². The van der Waals surface area contributed by atoms with Gasteiger partial charge in [-0.3, -0.25) is 0 Å². The molecule has 0 aromatic rings. The van der Waals surface area contributed by atoms with Crippen LogP contribution in [-0.2, 0) is 19.5 Å². The Kier molecular flexibility index (Phi) is 133. The van der Waals surface area contributed by atoms with Crippen LogP contribution < -0.4 is 0 Å². The number of hydrogen-bond acceptors (Lipinski definition) is 0. The van der Waals surface area contributed by atoms with Gasteiger partial charge in [-0.15, -0.1) is 0 Å². The van der Waals surface area contributed by atoms with E-state index in [2.05, 4.69) is 0 Å². The monoisotopic (exact) mass is 220 g/mol. The molecule has 0 nitrogen and oxygen atoms in total. The summed E-state index contributed by atoms with van der Waals surface area (Å²) in [5.41, 5.74) is 0. The van der Waals surface area contributed by atoms with Gasteiger partial charge in [-0.05, 0) is 0 Å². The Morgan fingerprint density at radius 3 is 0.400 bits per heavy atom. The molecule has 0 bridgehead atoms. The molecule has 0 rings (SSSR count). The molecule has 6 valence electrons. The first kappa shape index (κ1) is 29.5. The smallest absolute Gasteiger partial charge is 0 e. The average molecular weight is 222 g/mol. The SMILES string of the molecule is [K].[K].[K].[K].[Zn]. The summed E-state index contributed by atoms with van der Waals surface area (Å²) in [4.78, 5) is 0. The maximum absolute atomic E-state index is 0. The standard InChI is InChI=1S/4K.Zn. The van der Waals surface area contributed by atoms with Gasteiger partial charge in [0.25, 0.3) is 0 Å². The quantitative estimate of drug-likeness (QED) is 0.436. The fourth-order valence-corrected chi connectivity index (χ4v) is 0. The van der Waals surface area contributed by atoms with Crippen molar-refractivity contribution >= 4 is 206 Å². The van der Waals surface area contributed by atoms with Crippen LogP contribution in [0.1, 0.15) is 0 Å². The van der Waals surface area contributed by atoms with Crippen LogP contribution in [0.2, 0.25) is 0 Å². The molecule has 0 unspecified atom stereocenters. The van der Waals surface area contributed by atoms with Gasteiger partial charge in [-0.2, -0.15) is 0 Å². The van der Waals surface area contributed by atoms with Gasteiger partial charge in [-0.1, -0.05) is 0 Å². The van der Waals surface area contributed by atoms with Gasteiger partial charge in [-0.25, -0.2) is 0 Å². The minimum absolute atomic E-state index is 0. The van der Waals surface area contributed by atoms with Gasteiger partial charge >= 0.3 is 0 Å². The van der Waals surface area contributed by atoms with Crippen LogP contribution in [0, 0.1) is 0 Å². The Morgan fingerprint density at radius 1 is 0.400 bits per heavy atom. The third-order valence-corrected chi connectivity index (χ3v) is 0. The Morgan fingerprint density at radius 2 is 0.400 bits per heavy atom. The zero-order chi connectivity index (χ0) is 0. The summed E-state index contributed by atoms with van der Waals surface area (Å²) in [5.74, 6) is 0. The number of hydrogen-bond donors (Lipinski definition) is 0. The van der Waals surface area contributed by atoms with E-state index in [0.717, 1.165) is 0 Å². The summed E-state index contributed by atoms with van der Waals surface area (Å²) in [6, 6.07) is 0. The van der Waals surface area contributed by atoms with Crippen LogP contribution in [0.4, 0.5) is 0 Å². The summed E-state index contributed by atoms with van der Waals surface area (Å²) in [7, 11) is 0. The van der Waals surface area contributed by atoms with Crippen molar-refractivity contribution in [1.29, 1.82) is 0 Å². The first-order valence-corrected chi connectivity index (χ1v) is 0. The van der Waals surface area contributed by atoms with Crippen LogP contribution in [0.15, 0.2) is 0 Å². The van der Waals surface area contributed by atoms with Crippen molar-refractivity contribution in [1.82, 2.24) is 0 Å². The Bertz CT molecular complexity index is 3.61. The van der Waals surface area contributed by atoms with E-state index in [-0.39, 0.29) is 225 Å².